The van der Waals surface area contributed by atoms with Crippen LogP contribution in [0.2, 0.25) is 10.0 Å². The van der Waals surface area contributed by atoms with Gasteiger partial charge in [0.15, 0.2) is 0 Å². The van der Waals surface area contributed by atoms with Crippen molar-refractivity contribution in [2.24, 2.45) is 0 Å². The Bertz CT molecular complexity index is 1180. The van der Waals surface area contributed by atoms with Crippen molar-refractivity contribution in [3.05, 3.63) is 40.0 Å². The third-order valence-electron chi connectivity index (χ3n) is 5.48. The van der Waals surface area contributed by atoms with E-state index >= 15 is 0 Å². The fourth-order valence-corrected chi connectivity index (χ4v) is 4.46. The number of benzene rings is 1. The van der Waals surface area contributed by atoms with Crippen LogP contribution in [0.3, 0.4) is 0 Å². The van der Waals surface area contributed by atoms with E-state index in [-0.39, 0.29) is 0 Å². The van der Waals surface area contributed by atoms with E-state index in [9.17, 15) is 13.2 Å². The molecule has 11 heteroatoms. The molecule has 0 atom stereocenters. The summed E-state index contributed by atoms with van der Waals surface area (Å²) in [6.45, 7) is 8.37. The number of rotatable bonds is 4. The lowest BCUT2D eigenvalue weighted by atomic mass is 10.1. The number of pyridine rings is 1. The minimum absolute atomic E-state index is 0.534. The molecule has 2 aromatic heterocycles. The van der Waals surface area contributed by atoms with Gasteiger partial charge in [-0.3, -0.25) is 4.68 Å². The highest BCUT2D eigenvalue weighted by atomic mass is 35.5. The number of aryl methyl sites for hydroxylation is 1. The Morgan fingerprint density at radius 3 is 2.36 bits per heavy atom. The van der Waals surface area contributed by atoms with Crippen molar-refractivity contribution in [3.63, 3.8) is 0 Å². The van der Waals surface area contributed by atoms with Gasteiger partial charge in [-0.25, -0.2) is 9.78 Å². The Hall–Kier alpha value is -2.52. The summed E-state index contributed by atoms with van der Waals surface area (Å²) < 4.78 is 33.8. The van der Waals surface area contributed by atoms with Crippen molar-refractivity contribution >= 4 is 45.9 Å². The summed E-state index contributed by atoms with van der Waals surface area (Å²) in [6, 6.07) is 8.25. The monoisotopic (exact) mass is 502 g/mol. The lowest BCUT2D eigenvalue weighted by molar-refractivity contribution is -0.192. The zero-order chi connectivity index (χ0) is 24.5. The molecule has 3 heterocycles. The van der Waals surface area contributed by atoms with Crippen LogP contribution in [0.5, 0.6) is 0 Å². The van der Waals surface area contributed by atoms with Crippen LogP contribution in [0.15, 0.2) is 24.3 Å². The van der Waals surface area contributed by atoms with Crippen molar-refractivity contribution < 1.29 is 23.1 Å². The second kappa shape index (κ2) is 9.77. The molecule has 1 aliphatic rings. The van der Waals surface area contributed by atoms with Crippen molar-refractivity contribution in [3.8, 4) is 11.3 Å². The van der Waals surface area contributed by atoms with Gasteiger partial charge in [0.25, 0.3) is 0 Å². The number of hydrogen-bond donors (Lipinski definition) is 1. The van der Waals surface area contributed by atoms with Crippen LogP contribution in [-0.2, 0) is 11.3 Å². The highest BCUT2D eigenvalue weighted by Gasteiger charge is 2.38. The van der Waals surface area contributed by atoms with Gasteiger partial charge in [0.05, 0.1) is 17.3 Å². The number of anilines is 1. The number of hydrogen-bond acceptors (Lipinski definition) is 4. The fraction of sp³-hybridized carbons (Fsp3) is 0.409. The molecule has 6 nitrogen and oxygen atoms in total. The van der Waals surface area contributed by atoms with Gasteiger partial charge < -0.3 is 10.0 Å². The second-order valence-electron chi connectivity index (χ2n) is 7.64. The molecule has 33 heavy (non-hydrogen) atoms. The van der Waals surface area contributed by atoms with Crippen LogP contribution in [0.4, 0.5) is 18.9 Å². The molecule has 1 aliphatic heterocycles. The summed E-state index contributed by atoms with van der Waals surface area (Å²) in [7, 11) is 0. The van der Waals surface area contributed by atoms with Crippen LogP contribution in [0.25, 0.3) is 22.3 Å². The number of nitrogens with zero attached hydrogens (tertiary/aromatic N) is 4. The predicted molar refractivity (Wildman–Crippen MR) is 123 cm³/mol. The second-order valence-corrected chi connectivity index (χ2v) is 8.49. The Morgan fingerprint density at radius 1 is 1.18 bits per heavy atom. The van der Waals surface area contributed by atoms with Gasteiger partial charge in [-0.15, -0.1) is 0 Å². The van der Waals surface area contributed by atoms with Crippen molar-refractivity contribution in [2.45, 2.75) is 52.4 Å². The van der Waals surface area contributed by atoms with Gasteiger partial charge in [0.1, 0.15) is 16.7 Å². The molecule has 0 saturated carbocycles. The summed E-state index contributed by atoms with van der Waals surface area (Å²) in [5, 5.41) is 13.2. The first-order chi connectivity index (χ1) is 15.5. The number of alkyl halides is 3. The minimum Gasteiger partial charge on any atom is -0.475 e. The number of carbonyl (C=O) groups is 1. The standard InChI is InChI=1S/C20H22Cl2N4.C2HF3O2/c1-4-14(5-2)25-8-9-26-20-17(25)10-12(3)23-19(20)18(24-26)15-7-6-13(21)11-16(15)22;3-2(4,5)1(6)7/h6-7,10-11,14H,4-5,8-9H2,1-3H3;(H,6,7). The maximum absolute atomic E-state index is 10.6. The van der Waals surface area contributed by atoms with E-state index in [1.54, 1.807) is 6.07 Å². The minimum atomic E-state index is -5.08. The molecule has 3 aromatic rings. The quantitative estimate of drug-likeness (QED) is 0.449. The molecule has 0 amide bonds. The first-order valence-electron chi connectivity index (χ1n) is 10.4. The van der Waals surface area contributed by atoms with Gasteiger partial charge in [-0.2, -0.15) is 18.3 Å². The highest BCUT2D eigenvalue weighted by Crippen LogP contribution is 2.39. The molecule has 1 aromatic carbocycles. The maximum atomic E-state index is 10.6. The third kappa shape index (κ3) is 5.19. The van der Waals surface area contributed by atoms with Crippen LogP contribution in [0.1, 0.15) is 32.4 Å². The number of aromatic nitrogens is 3. The van der Waals surface area contributed by atoms with E-state index in [0.29, 0.717) is 16.1 Å². The fourth-order valence-electron chi connectivity index (χ4n) is 3.96. The molecule has 178 valence electrons. The Labute approximate surface area is 198 Å². The van der Waals surface area contributed by atoms with Crippen LogP contribution in [0, 0.1) is 6.92 Å². The first kappa shape index (κ1) is 25.1. The first-order valence-corrected chi connectivity index (χ1v) is 11.1. The lowest BCUT2D eigenvalue weighted by Crippen LogP contribution is -2.40. The smallest absolute Gasteiger partial charge is 0.475 e. The average molecular weight is 503 g/mol. The largest absolute Gasteiger partial charge is 0.490 e. The molecule has 0 radical (unpaired) electrons. The average Bonchev–Trinajstić information content (AvgIpc) is 3.09. The van der Waals surface area contributed by atoms with Crippen LogP contribution < -0.4 is 4.90 Å². The van der Waals surface area contributed by atoms with E-state index < -0.39 is 12.1 Å². The van der Waals surface area contributed by atoms with Crippen molar-refractivity contribution in [2.75, 3.05) is 11.4 Å². The van der Waals surface area contributed by atoms with Crippen molar-refractivity contribution in [1.82, 2.24) is 14.8 Å². The summed E-state index contributed by atoms with van der Waals surface area (Å²) in [6.07, 6.45) is -2.83. The van der Waals surface area contributed by atoms with E-state index in [4.69, 9.17) is 43.2 Å². The summed E-state index contributed by atoms with van der Waals surface area (Å²) in [5.74, 6) is -2.76. The summed E-state index contributed by atoms with van der Waals surface area (Å²) in [5.41, 5.74) is 5.96. The van der Waals surface area contributed by atoms with E-state index in [0.717, 1.165) is 53.9 Å². The molecule has 0 bridgehead atoms. The zero-order valence-corrected chi connectivity index (χ0v) is 19.8. The summed E-state index contributed by atoms with van der Waals surface area (Å²) >= 11 is 12.5. The predicted octanol–water partition coefficient (Wildman–Crippen LogP) is 6.36. The van der Waals surface area contributed by atoms with E-state index in [1.807, 2.05) is 19.1 Å². The third-order valence-corrected chi connectivity index (χ3v) is 6.03. The van der Waals surface area contributed by atoms with Gasteiger partial charge in [-0.05, 0) is 44.0 Å². The van der Waals surface area contributed by atoms with Crippen molar-refractivity contribution in [1.29, 1.82) is 0 Å². The zero-order valence-electron chi connectivity index (χ0n) is 18.2. The van der Waals surface area contributed by atoms with Crippen LogP contribution >= 0.6 is 23.2 Å². The Kier molecular flexibility index (Phi) is 7.43. The normalized spacial score (nSPS) is 13.3. The number of carboxylic acid groups (broad SMARTS) is 1. The Morgan fingerprint density at radius 2 is 1.82 bits per heavy atom. The highest BCUT2D eigenvalue weighted by molar-refractivity contribution is 6.36. The SMILES string of the molecule is CCC(CC)N1CCn2nc(-c3ccc(Cl)cc3Cl)c3nc(C)cc1c32.O=C(O)C(F)(F)F. The molecular weight excluding hydrogens is 480 g/mol. The number of halogens is 5. The van der Waals surface area contributed by atoms with Gasteiger partial charge in [-0.1, -0.05) is 37.0 Å². The van der Waals surface area contributed by atoms with Gasteiger partial charge >= 0.3 is 12.1 Å². The molecule has 1 N–H and O–H groups in total. The molecule has 0 spiro atoms. The van der Waals surface area contributed by atoms with Crippen LogP contribution in [-0.4, -0.2) is 44.6 Å². The van der Waals surface area contributed by atoms with E-state index in [2.05, 4.69) is 29.5 Å². The lowest BCUT2D eigenvalue weighted by Gasteiger charge is -2.36. The van der Waals surface area contributed by atoms with Gasteiger partial charge in [0, 0.05) is 28.9 Å². The molecule has 0 unspecified atom stereocenters. The van der Waals surface area contributed by atoms with E-state index in [1.165, 1.54) is 5.69 Å². The molecule has 0 saturated heterocycles. The molecule has 0 aliphatic carbocycles. The number of carboxylic acids is 1. The molecule has 0 fully saturated rings. The molecular formula is C22H23Cl2F3N4O2. The maximum Gasteiger partial charge on any atom is 0.490 e. The number of aliphatic carboxylic acids is 1. The topological polar surface area (TPSA) is 71.2 Å². The van der Waals surface area contributed by atoms with Gasteiger partial charge in [0.2, 0.25) is 0 Å². The Balaban J connectivity index is 0.000000383. The summed E-state index contributed by atoms with van der Waals surface area (Å²) in [4.78, 5) is 16.2. The molecule has 4 rings (SSSR count).